The van der Waals surface area contributed by atoms with Crippen LogP contribution in [0.1, 0.15) is 12.5 Å². The summed E-state index contributed by atoms with van der Waals surface area (Å²) in [6.45, 7) is 1.70. The fourth-order valence-corrected chi connectivity index (χ4v) is 5.60. The first kappa shape index (κ1) is 22.8. The van der Waals surface area contributed by atoms with Gasteiger partial charge < -0.3 is 5.11 Å². The molecule has 4 rings (SSSR count). The van der Waals surface area contributed by atoms with Crippen molar-refractivity contribution in [1.82, 2.24) is 24.1 Å². The summed E-state index contributed by atoms with van der Waals surface area (Å²) in [6, 6.07) is 11.1. The number of aromatic nitrogens is 5. The van der Waals surface area contributed by atoms with E-state index in [4.69, 9.17) is 0 Å². The van der Waals surface area contributed by atoms with Crippen LogP contribution >= 0.6 is 35.1 Å². The van der Waals surface area contributed by atoms with Crippen molar-refractivity contribution in [1.29, 1.82) is 0 Å². The van der Waals surface area contributed by atoms with E-state index in [0.29, 0.717) is 10.2 Å². The molecule has 2 aromatic heterocycles. The van der Waals surface area contributed by atoms with Crippen molar-refractivity contribution in [3.63, 3.8) is 0 Å². The van der Waals surface area contributed by atoms with Crippen LogP contribution in [0.5, 0.6) is 0 Å². The second-order valence-corrected chi connectivity index (χ2v) is 10.2. The summed E-state index contributed by atoms with van der Waals surface area (Å²) in [5.74, 6) is -0.951. The Balaban J connectivity index is 1.61. The minimum Gasteiger partial charge on any atom is -0.382 e. The van der Waals surface area contributed by atoms with Crippen LogP contribution in [0.15, 0.2) is 64.4 Å². The smallest absolute Gasteiger partial charge is 0.174 e. The Bertz CT molecular complexity index is 1190. The molecule has 2 heterocycles. The highest BCUT2D eigenvalue weighted by Gasteiger charge is 2.40. The van der Waals surface area contributed by atoms with Gasteiger partial charge in [0.1, 0.15) is 29.9 Å². The van der Waals surface area contributed by atoms with Gasteiger partial charge >= 0.3 is 0 Å². The lowest BCUT2D eigenvalue weighted by molar-refractivity contribution is 0.0133. The van der Waals surface area contributed by atoms with E-state index < -0.39 is 22.5 Å². The first-order chi connectivity index (χ1) is 15.4. The number of hydrogen-bond acceptors (Lipinski definition) is 8. The predicted molar refractivity (Wildman–Crippen MR) is 123 cm³/mol. The van der Waals surface area contributed by atoms with Crippen molar-refractivity contribution in [3.05, 3.63) is 72.3 Å². The van der Waals surface area contributed by atoms with Crippen molar-refractivity contribution >= 4 is 35.1 Å². The van der Waals surface area contributed by atoms with Crippen LogP contribution in [0, 0.1) is 11.6 Å². The van der Waals surface area contributed by atoms with Crippen LogP contribution in [-0.4, -0.2) is 40.7 Å². The number of halogens is 2. The Kier molecular flexibility index (Phi) is 6.89. The third-order valence-corrected chi connectivity index (χ3v) is 7.78. The number of benzene rings is 2. The topological polar surface area (TPSA) is 76.7 Å². The van der Waals surface area contributed by atoms with Gasteiger partial charge in [-0.2, -0.15) is 9.47 Å². The number of thioether (sulfide) groups is 2. The second kappa shape index (κ2) is 9.65. The third kappa shape index (κ3) is 4.85. The molecule has 0 aliphatic heterocycles. The highest BCUT2D eigenvalue weighted by molar-refractivity contribution is 8.01. The van der Waals surface area contributed by atoms with Gasteiger partial charge in [-0.05, 0) is 42.9 Å². The van der Waals surface area contributed by atoms with E-state index in [1.165, 1.54) is 46.7 Å². The van der Waals surface area contributed by atoms with E-state index in [9.17, 15) is 13.9 Å². The van der Waals surface area contributed by atoms with Crippen LogP contribution in [0.4, 0.5) is 8.78 Å². The van der Waals surface area contributed by atoms with Gasteiger partial charge in [-0.3, -0.25) is 0 Å². The van der Waals surface area contributed by atoms with Gasteiger partial charge in [-0.1, -0.05) is 30.0 Å². The maximum atomic E-state index is 14.7. The number of hydrogen-bond donors (Lipinski definition) is 1. The highest BCUT2D eigenvalue weighted by atomic mass is 32.2. The fourth-order valence-electron chi connectivity index (χ4n) is 3.20. The van der Waals surface area contributed by atoms with Crippen LogP contribution in [0.3, 0.4) is 0 Å². The summed E-state index contributed by atoms with van der Waals surface area (Å²) in [5, 5.41) is 15.1. The maximum absolute atomic E-state index is 14.7. The minimum absolute atomic E-state index is 0.0215. The molecule has 0 fully saturated rings. The summed E-state index contributed by atoms with van der Waals surface area (Å²) < 4.78 is 34.6. The van der Waals surface area contributed by atoms with Crippen molar-refractivity contribution in [2.45, 2.75) is 33.6 Å². The summed E-state index contributed by atoms with van der Waals surface area (Å²) in [6.07, 6.45) is 4.78. The first-order valence-electron chi connectivity index (χ1n) is 9.54. The van der Waals surface area contributed by atoms with Crippen molar-refractivity contribution in [3.8, 4) is 11.4 Å². The largest absolute Gasteiger partial charge is 0.382 e. The third-order valence-electron chi connectivity index (χ3n) is 4.97. The van der Waals surface area contributed by atoms with E-state index in [1.54, 1.807) is 18.7 Å². The second-order valence-electron chi connectivity index (χ2n) is 7.01. The number of aliphatic hydroxyl groups is 1. The lowest BCUT2D eigenvalue weighted by atomic mass is 9.90. The molecule has 0 aliphatic rings. The zero-order valence-electron chi connectivity index (χ0n) is 17.1. The quantitative estimate of drug-likeness (QED) is 0.353. The molecule has 0 spiro atoms. The summed E-state index contributed by atoms with van der Waals surface area (Å²) in [4.78, 5) is 9.61. The van der Waals surface area contributed by atoms with Crippen LogP contribution < -0.4 is 0 Å². The first-order valence-corrected chi connectivity index (χ1v) is 12.4. The molecule has 0 radical (unpaired) electrons. The van der Waals surface area contributed by atoms with Crippen LogP contribution in [-0.2, 0) is 12.1 Å². The molecule has 166 valence electrons. The molecule has 6 nitrogen and oxygen atoms in total. The highest BCUT2D eigenvalue weighted by Crippen LogP contribution is 2.40. The van der Waals surface area contributed by atoms with Crippen LogP contribution in [0.2, 0.25) is 0 Å². The normalized spacial score (nSPS) is 14.3. The van der Waals surface area contributed by atoms with Gasteiger partial charge in [-0.15, -0.1) is 11.8 Å². The minimum atomic E-state index is -1.71. The molecular weight excluding hydrogens is 472 g/mol. The summed E-state index contributed by atoms with van der Waals surface area (Å²) >= 11 is 4.13. The Morgan fingerprint density at radius 2 is 1.97 bits per heavy atom. The van der Waals surface area contributed by atoms with Crippen molar-refractivity contribution in [2.75, 3.05) is 6.26 Å². The van der Waals surface area contributed by atoms with E-state index in [0.717, 1.165) is 22.6 Å². The van der Waals surface area contributed by atoms with E-state index in [1.807, 2.05) is 30.5 Å². The Morgan fingerprint density at radius 1 is 1.19 bits per heavy atom. The Labute approximate surface area is 196 Å². The predicted octanol–water partition coefficient (Wildman–Crippen LogP) is 4.87. The zero-order chi connectivity index (χ0) is 22.7. The molecule has 0 saturated heterocycles. The molecule has 2 unspecified atom stereocenters. The standard InChI is InChI=1S/C21H19F2N5OS3/c1-13(31-20-26-19(27-32-20)14-3-6-16(30-2)7-4-14)21(29,10-28-12-24-11-25-28)17-8-5-15(22)9-18(17)23/h3-9,11-13,29H,10H2,1-2H3. The number of rotatable bonds is 8. The molecule has 32 heavy (non-hydrogen) atoms. The zero-order valence-corrected chi connectivity index (χ0v) is 19.6. The molecule has 2 aromatic carbocycles. The molecule has 11 heteroatoms. The molecule has 0 bridgehead atoms. The van der Waals surface area contributed by atoms with Crippen molar-refractivity contribution in [2.24, 2.45) is 0 Å². The van der Waals surface area contributed by atoms with Gasteiger partial charge in [0.2, 0.25) is 0 Å². The summed E-state index contributed by atoms with van der Waals surface area (Å²) in [5.41, 5.74) is -0.838. The monoisotopic (exact) mass is 491 g/mol. The van der Waals surface area contributed by atoms with Gasteiger partial charge in [-0.25, -0.2) is 23.4 Å². The lowest BCUT2D eigenvalue weighted by Crippen LogP contribution is -2.41. The molecule has 0 amide bonds. The van der Waals surface area contributed by atoms with Gasteiger partial charge in [0, 0.05) is 27.3 Å². The molecule has 2 atom stereocenters. The maximum Gasteiger partial charge on any atom is 0.174 e. The van der Waals surface area contributed by atoms with E-state index >= 15 is 0 Å². The molecule has 0 aliphatic carbocycles. The van der Waals surface area contributed by atoms with Crippen LogP contribution in [0.25, 0.3) is 11.4 Å². The Hall–Kier alpha value is -2.34. The summed E-state index contributed by atoms with van der Waals surface area (Å²) in [7, 11) is 0. The van der Waals surface area contributed by atoms with E-state index in [2.05, 4.69) is 19.4 Å². The Morgan fingerprint density at radius 3 is 2.62 bits per heavy atom. The SMILES string of the molecule is CSc1ccc(-c2nsc(SC(C)C(O)(Cn3cncn3)c3ccc(F)cc3F)n2)cc1. The molecule has 1 N–H and O–H groups in total. The molecule has 4 aromatic rings. The van der Waals surface area contributed by atoms with Crippen molar-refractivity contribution < 1.29 is 13.9 Å². The average Bonchev–Trinajstić information content (AvgIpc) is 3.46. The average molecular weight is 492 g/mol. The fraction of sp³-hybridized carbons (Fsp3) is 0.238. The number of nitrogens with zero attached hydrogens (tertiary/aromatic N) is 5. The van der Waals surface area contributed by atoms with Gasteiger partial charge in [0.15, 0.2) is 10.2 Å². The molecular formula is C21H19F2N5OS3. The van der Waals surface area contributed by atoms with Gasteiger partial charge in [0.25, 0.3) is 0 Å². The van der Waals surface area contributed by atoms with E-state index in [-0.39, 0.29) is 12.1 Å². The lowest BCUT2D eigenvalue weighted by Gasteiger charge is -2.33. The molecule has 0 saturated carbocycles. The van der Waals surface area contributed by atoms with Gasteiger partial charge in [0.05, 0.1) is 6.54 Å².